The SMILES string of the molecule is CCCC(C)(C(=O)O)N1CCCC1CC. The van der Waals surface area contributed by atoms with Gasteiger partial charge in [0.05, 0.1) is 0 Å². The molecule has 2 unspecified atom stereocenters. The Labute approximate surface area is 92.5 Å². The molecule has 15 heavy (non-hydrogen) atoms. The fourth-order valence-electron chi connectivity index (χ4n) is 2.77. The Kier molecular flexibility index (Phi) is 4.14. The molecule has 1 heterocycles. The van der Waals surface area contributed by atoms with Crippen LogP contribution in [0.2, 0.25) is 0 Å². The first-order chi connectivity index (χ1) is 7.06. The quantitative estimate of drug-likeness (QED) is 0.763. The Balaban J connectivity index is 2.83. The highest BCUT2D eigenvalue weighted by atomic mass is 16.4. The minimum Gasteiger partial charge on any atom is -0.480 e. The van der Waals surface area contributed by atoms with Crippen LogP contribution < -0.4 is 0 Å². The van der Waals surface area contributed by atoms with Crippen LogP contribution in [-0.4, -0.2) is 34.1 Å². The van der Waals surface area contributed by atoms with Crippen LogP contribution in [0.1, 0.15) is 52.9 Å². The molecule has 88 valence electrons. The zero-order valence-corrected chi connectivity index (χ0v) is 10.1. The van der Waals surface area contributed by atoms with Crippen molar-refractivity contribution in [1.29, 1.82) is 0 Å². The van der Waals surface area contributed by atoms with E-state index in [1.807, 2.05) is 6.92 Å². The van der Waals surface area contributed by atoms with Crippen molar-refractivity contribution in [2.24, 2.45) is 0 Å². The fraction of sp³-hybridized carbons (Fsp3) is 0.917. The third kappa shape index (κ3) is 2.33. The van der Waals surface area contributed by atoms with Gasteiger partial charge in [-0.25, -0.2) is 0 Å². The zero-order chi connectivity index (χ0) is 11.5. The summed E-state index contributed by atoms with van der Waals surface area (Å²) in [5.74, 6) is -0.662. The fourth-order valence-corrected chi connectivity index (χ4v) is 2.77. The summed E-state index contributed by atoms with van der Waals surface area (Å²) in [6, 6.07) is 0.470. The monoisotopic (exact) mass is 213 g/mol. The van der Waals surface area contributed by atoms with Crippen LogP contribution in [0.4, 0.5) is 0 Å². The molecule has 2 atom stereocenters. The predicted octanol–water partition coefficient (Wildman–Crippen LogP) is 2.50. The van der Waals surface area contributed by atoms with E-state index in [9.17, 15) is 9.90 Å². The Morgan fingerprint density at radius 2 is 2.20 bits per heavy atom. The van der Waals surface area contributed by atoms with Crippen LogP contribution in [0.5, 0.6) is 0 Å². The number of carboxylic acid groups (broad SMARTS) is 1. The smallest absolute Gasteiger partial charge is 0.323 e. The van der Waals surface area contributed by atoms with Gasteiger partial charge in [-0.1, -0.05) is 20.3 Å². The molecule has 1 fully saturated rings. The van der Waals surface area contributed by atoms with Crippen molar-refractivity contribution in [3.05, 3.63) is 0 Å². The first kappa shape index (κ1) is 12.5. The van der Waals surface area contributed by atoms with Crippen molar-refractivity contribution in [3.63, 3.8) is 0 Å². The van der Waals surface area contributed by atoms with Crippen LogP contribution >= 0.6 is 0 Å². The number of hydrogen-bond donors (Lipinski definition) is 1. The molecule has 0 bridgehead atoms. The van der Waals surface area contributed by atoms with E-state index < -0.39 is 11.5 Å². The second kappa shape index (κ2) is 4.97. The molecule has 0 aromatic carbocycles. The molecule has 0 spiro atoms. The maximum absolute atomic E-state index is 11.4. The van der Waals surface area contributed by atoms with Crippen molar-refractivity contribution in [2.45, 2.75) is 64.5 Å². The van der Waals surface area contributed by atoms with Crippen molar-refractivity contribution in [3.8, 4) is 0 Å². The average Bonchev–Trinajstić information content (AvgIpc) is 2.65. The van der Waals surface area contributed by atoms with E-state index in [1.165, 1.54) is 0 Å². The molecule has 1 aliphatic rings. The molecule has 0 amide bonds. The molecular formula is C12H23NO2. The Hall–Kier alpha value is -0.570. The summed E-state index contributed by atoms with van der Waals surface area (Å²) in [4.78, 5) is 13.6. The van der Waals surface area contributed by atoms with Crippen LogP contribution in [0.15, 0.2) is 0 Å². The summed E-state index contributed by atoms with van der Waals surface area (Å²) < 4.78 is 0. The highest BCUT2D eigenvalue weighted by molar-refractivity contribution is 5.78. The van der Waals surface area contributed by atoms with E-state index in [1.54, 1.807) is 0 Å². The van der Waals surface area contributed by atoms with Gasteiger partial charge in [-0.2, -0.15) is 0 Å². The topological polar surface area (TPSA) is 40.5 Å². The number of hydrogen-bond acceptors (Lipinski definition) is 2. The number of carboxylic acids is 1. The zero-order valence-electron chi connectivity index (χ0n) is 10.1. The molecule has 0 saturated carbocycles. The highest BCUT2D eigenvalue weighted by Crippen LogP contribution is 2.31. The number of nitrogens with zero attached hydrogens (tertiary/aromatic N) is 1. The number of rotatable bonds is 5. The van der Waals surface area contributed by atoms with Crippen LogP contribution in [-0.2, 0) is 4.79 Å². The molecule has 0 aromatic heterocycles. The van der Waals surface area contributed by atoms with Gasteiger partial charge in [0.1, 0.15) is 5.54 Å². The summed E-state index contributed by atoms with van der Waals surface area (Å²) in [5, 5.41) is 9.40. The van der Waals surface area contributed by atoms with Gasteiger partial charge in [-0.05, 0) is 39.2 Å². The standard InChI is InChI=1S/C12H23NO2/c1-4-8-12(3,11(14)15)13-9-6-7-10(13)5-2/h10H,4-9H2,1-3H3,(H,14,15). The van der Waals surface area contributed by atoms with Crippen LogP contribution in [0.3, 0.4) is 0 Å². The van der Waals surface area contributed by atoms with E-state index >= 15 is 0 Å². The maximum atomic E-state index is 11.4. The molecule has 3 heteroatoms. The lowest BCUT2D eigenvalue weighted by Gasteiger charge is -2.38. The summed E-state index contributed by atoms with van der Waals surface area (Å²) in [5.41, 5.74) is -0.647. The summed E-state index contributed by atoms with van der Waals surface area (Å²) >= 11 is 0. The molecule has 1 N–H and O–H groups in total. The summed E-state index contributed by atoms with van der Waals surface area (Å²) in [7, 11) is 0. The van der Waals surface area contributed by atoms with Gasteiger partial charge in [-0.15, -0.1) is 0 Å². The lowest BCUT2D eigenvalue weighted by molar-refractivity contribution is -0.152. The second-order valence-corrected chi connectivity index (χ2v) is 4.73. The minimum absolute atomic E-state index is 0.470. The molecule has 3 nitrogen and oxygen atoms in total. The lowest BCUT2D eigenvalue weighted by Crippen LogP contribution is -2.54. The highest BCUT2D eigenvalue weighted by Gasteiger charge is 2.43. The Morgan fingerprint density at radius 1 is 1.53 bits per heavy atom. The van der Waals surface area contributed by atoms with Crippen LogP contribution in [0, 0.1) is 0 Å². The first-order valence-electron chi connectivity index (χ1n) is 6.06. The molecule has 0 radical (unpaired) electrons. The average molecular weight is 213 g/mol. The summed E-state index contributed by atoms with van der Waals surface area (Å²) in [6.07, 6.45) is 5.04. The molecule has 1 aliphatic heterocycles. The lowest BCUT2D eigenvalue weighted by atomic mass is 9.92. The van der Waals surface area contributed by atoms with Crippen molar-refractivity contribution < 1.29 is 9.90 Å². The predicted molar refractivity (Wildman–Crippen MR) is 61.0 cm³/mol. The molecule has 0 aliphatic carbocycles. The maximum Gasteiger partial charge on any atom is 0.323 e. The normalized spacial score (nSPS) is 26.5. The minimum atomic E-state index is -0.662. The van der Waals surface area contributed by atoms with E-state index in [0.717, 1.165) is 38.6 Å². The Morgan fingerprint density at radius 3 is 2.67 bits per heavy atom. The van der Waals surface area contributed by atoms with E-state index in [4.69, 9.17) is 0 Å². The molecule has 1 saturated heterocycles. The summed E-state index contributed by atoms with van der Waals surface area (Å²) in [6.45, 7) is 7.03. The first-order valence-corrected chi connectivity index (χ1v) is 6.06. The van der Waals surface area contributed by atoms with Gasteiger partial charge in [0.2, 0.25) is 0 Å². The van der Waals surface area contributed by atoms with Gasteiger partial charge in [0.25, 0.3) is 0 Å². The van der Waals surface area contributed by atoms with Crippen molar-refractivity contribution >= 4 is 5.97 Å². The van der Waals surface area contributed by atoms with Gasteiger partial charge >= 0.3 is 5.97 Å². The largest absolute Gasteiger partial charge is 0.480 e. The van der Waals surface area contributed by atoms with Crippen LogP contribution in [0.25, 0.3) is 0 Å². The van der Waals surface area contributed by atoms with Crippen molar-refractivity contribution in [2.75, 3.05) is 6.54 Å². The van der Waals surface area contributed by atoms with Gasteiger partial charge in [0.15, 0.2) is 0 Å². The number of carbonyl (C=O) groups is 1. The number of likely N-dealkylation sites (tertiary alicyclic amines) is 1. The third-order valence-corrected chi connectivity index (χ3v) is 3.68. The molecule has 1 rings (SSSR count). The van der Waals surface area contributed by atoms with E-state index in [-0.39, 0.29) is 0 Å². The number of aliphatic carboxylic acids is 1. The van der Waals surface area contributed by atoms with Gasteiger partial charge in [0, 0.05) is 6.04 Å². The third-order valence-electron chi connectivity index (χ3n) is 3.68. The molecule has 0 aromatic rings. The van der Waals surface area contributed by atoms with E-state index in [0.29, 0.717) is 6.04 Å². The second-order valence-electron chi connectivity index (χ2n) is 4.73. The Bertz CT molecular complexity index is 230. The van der Waals surface area contributed by atoms with E-state index in [2.05, 4.69) is 18.7 Å². The van der Waals surface area contributed by atoms with Gasteiger partial charge in [-0.3, -0.25) is 9.69 Å². The molecular weight excluding hydrogens is 190 g/mol. The van der Waals surface area contributed by atoms with Crippen molar-refractivity contribution in [1.82, 2.24) is 4.90 Å². The van der Waals surface area contributed by atoms with Gasteiger partial charge < -0.3 is 5.11 Å².